The molecule has 1 saturated heterocycles. The van der Waals surface area contributed by atoms with Crippen molar-refractivity contribution >= 4 is 21.5 Å². The average Bonchev–Trinajstić information content (AvgIpc) is 2.51. The van der Waals surface area contributed by atoms with Crippen LogP contribution < -0.4 is 15.8 Å². The lowest BCUT2D eigenvalue weighted by atomic mass is 9.96. The zero-order valence-corrected chi connectivity index (χ0v) is 14.8. The molecule has 0 spiro atoms. The molecule has 2 heterocycles. The van der Waals surface area contributed by atoms with Crippen LogP contribution in [-0.2, 0) is 10.0 Å². The number of nitrogen functional groups attached to an aromatic ring is 1. The number of rotatable bonds is 5. The highest BCUT2D eigenvalue weighted by atomic mass is 32.2. The zero-order valence-electron chi connectivity index (χ0n) is 13.9. The van der Waals surface area contributed by atoms with Crippen LogP contribution in [0.4, 0.5) is 5.69 Å². The van der Waals surface area contributed by atoms with Gasteiger partial charge in [-0.15, -0.1) is 0 Å². The fourth-order valence-corrected chi connectivity index (χ4v) is 3.50. The molecule has 24 heavy (non-hydrogen) atoms. The minimum atomic E-state index is -4.04. The van der Waals surface area contributed by atoms with Crippen molar-refractivity contribution < 1.29 is 8.42 Å². The number of primary sulfonamides is 1. The van der Waals surface area contributed by atoms with E-state index in [1.54, 1.807) is 6.07 Å². The highest BCUT2D eigenvalue weighted by molar-refractivity contribution is 7.89. The van der Waals surface area contributed by atoms with Gasteiger partial charge in [-0.3, -0.25) is 5.41 Å². The highest BCUT2D eigenvalue weighted by Crippen LogP contribution is 2.29. The molecule has 1 aromatic heterocycles. The number of aromatic nitrogens is 1. The molecule has 1 aromatic rings. The van der Waals surface area contributed by atoms with Crippen LogP contribution in [0.25, 0.3) is 0 Å². The fraction of sp³-hybridized carbons (Fsp3) is 0.467. The van der Waals surface area contributed by atoms with Gasteiger partial charge in [0.25, 0.3) is 10.0 Å². The summed E-state index contributed by atoms with van der Waals surface area (Å²) in [4.78, 5) is 7.85. The van der Waals surface area contributed by atoms with Crippen LogP contribution in [0.5, 0.6) is 0 Å². The molecule has 1 aliphatic rings. The maximum atomic E-state index is 11.7. The van der Waals surface area contributed by atoms with Gasteiger partial charge in [0, 0.05) is 33.4 Å². The minimum Gasteiger partial charge on any atom is -0.384 e. The van der Waals surface area contributed by atoms with E-state index in [9.17, 15) is 8.42 Å². The second-order valence-corrected chi connectivity index (χ2v) is 7.58. The van der Waals surface area contributed by atoms with Crippen molar-refractivity contribution in [3.05, 3.63) is 30.1 Å². The lowest BCUT2D eigenvalue weighted by molar-refractivity contribution is 0.467. The molecule has 0 amide bonds. The second-order valence-electron chi connectivity index (χ2n) is 6.10. The van der Waals surface area contributed by atoms with Crippen molar-refractivity contribution in [2.75, 3.05) is 32.1 Å². The van der Waals surface area contributed by atoms with Crippen molar-refractivity contribution in [1.29, 1.82) is 5.41 Å². The Labute approximate surface area is 142 Å². The highest BCUT2D eigenvalue weighted by Gasteiger charge is 2.26. The summed E-state index contributed by atoms with van der Waals surface area (Å²) in [6.45, 7) is 1.49. The topological polar surface area (TPSA) is 129 Å². The van der Waals surface area contributed by atoms with Gasteiger partial charge in [-0.25, -0.2) is 18.5 Å². The first-order valence-electron chi connectivity index (χ1n) is 7.66. The third-order valence-electron chi connectivity index (χ3n) is 3.97. The van der Waals surface area contributed by atoms with Crippen molar-refractivity contribution in [1.82, 2.24) is 9.88 Å². The Morgan fingerprint density at radius 2 is 2.04 bits per heavy atom. The molecular formula is C15H24N6O2S. The van der Waals surface area contributed by atoms with E-state index in [2.05, 4.69) is 11.1 Å². The molecule has 132 valence electrons. The van der Waals surface area contributed by atoms with Gasteiger partial charge in [0.1, 0.15) is 5.84 Å². The maximum Gasteiger partial charge on any atom is 0.256 e. The maximum absolute atomic E-state index is 11.7. The summed E-state index contributed by atoms with van der Waals surface area (Å²) < 4.78 is 23.4. The second kappa shape index (κ2) is 7.18. The summed E-state index contributed by atoms with van der Waals surface area (Å²) >= 11 is 0. The number of nitrogens with zero attached hydrogens (tertiary/aromatic N) is 3. The minimum absolute atomic E-state index is 0.0854. The van der Waals surface area contributed by atoms with Gasteiger partial charge in [0.2, 0.25) is 0 Å². The molecule has 0 saturated carbocycles. The van der Waals surface area contributed by atoms with Crippen LogP contribution >= 0.6 is 0 Å². The normalized spacial score (nSPS) is 16.5. The number of piperidine rings is 1. The smallest absolute Gasteiger partial charge is 0.256 e. The number of nitrogens with two attached hydrogens (primary N) is 2. The summed E-state index contributed by atoms with van der Waals surface area (Å²) in [5.41, 5.74) is 6.29. The van der Waals surface area contributed by atoms with Crippen molar-refractivity contribution in [3.63, 3.8) is 0 Å². The van der Waals surface area contributed by atoms with E-state index in [-0.39, 0.29) is 16.4 Å². The molecule has 2 rings (SSSR count). The van der Waals surface area contributed by atoms with E-state index in [0.717, 1.165) is 25.9 Å². The van der Waals surface area contributed by atoms with E-state index in [0.29, 0.717) is 11.6 Å². The van der Waals surface area contributed by atoms with Crippen LogP contribution in [0.3, 0.4) is 0 Å². The number of hydrogen-bond acceptors (Lipinski definition) is 6. The SMILES string of the molecule is CN(C)/C=C/C1CCN(c2ccnc(S(N)(=O)=O)c2C(=N)N)CC1. The Hall–Kier alpha value is -2.13. The molecule has 0 atom stereocenters. The van der Waals surface area contributed by atoms with Gasteiger partial charge in [-0.1, -0.05) is 6.08 Å². The number of nitrogens with one attached hydrogen (secondary N) is 1. The zero-order chi connectivity index (χ0) is 17.9. The Bertz CT molecular complexity index is 736. The number of hydrogen-bond donors (Lipinski definition) is 3. The van der Waals surface area contributed by atoms with Crippen molar-refractivity contribution in [2.24, 2.45) is 16.8 Å². The van der Waals surface area contributed by atoms with Gasteiger partial charge in [-0.2, -0.15) is 0 Å². The monoisotopic (exact) mass is 352 g/mol. The third kappa shape index (κ3) is 4.24. The molecular weight excluding hydrogens is 328 g/mol. The van der Waals surface area contributed by atoms with Crippen LogP contribution in [0.2, 0.25) is 0 Å². The Balaban J connectivity index is 2.27. The first kappa shape index (κ1) is 18.2. The molecule has 0 aromatic carbocycles. The summed E-state index contributed by atoms with van der Waals surface area (Å²) in [7, 11) is -0.0786. The van der Waals surface area contributed by atoms with Gasteiger partial charge in [-0.05, 0) is 31.0 Å². The van der Waals surface area contributed by atoms with Crippen LogP contribution in [0.15, 0.2) is 29.6 Å². The van der Waals surface area contributed by atoms with Gasteiger partial charge in [0.05, 0.1) is 11.3 Å². The van der Waals surface area contributed by atoms with E-state index in [1.165, 1.54) is 6.20 Å². The van der Waals surface area contributed by atoms with Crippen molar-refractivity contribution in [3.8, 4) is 0 Å². The molecule has 0 aliphatic carbocycles. The molecule has 8 nitrogen and oxygen atoms in total. The van der Waals surface area contributed by atoms with Crippen molar-refractivity contribution in [2.45, 2.75) is 17.9 Å². The average molecular weight is 352 g/mol. The number of sulfonamides is 1. The predicted molar refractivity (Wildman–Crippen MR) is 94.4 cm³/mol. The molecule has 0 unspecified atom stereocenters. The van der Waals surface area contributed by atoms with E-state index < -0.39 is 10.0 Å². The lowest BCUT2D eigenvalue weighted by Crippen LogP contribution is -2.35. The summed E-state index contributed by atoms with van der Waals surface area (Å²) in [6, 6.07) is 1.68. The quantitative estimate of drug-likeness (QED) is 0.516. The molecule has 9 heteroatoms. The molecule has 0 bridgehead atoms. The lowest BCUT2D eigenvalue weighted by Gasteiger charge is -2.34. The first-order valence-corrected chi connectivity index (χ1v) is 9.20. The summed E-state index contributed by atoms with van der Waals surface area (Å²) in [5.74, 6) is 0.126. The number of allylic oxidation sites excluding steroid dienone is 1. The number of anilines is 1. The van der Waals surface area contributed by atoms with E-state index >= 15 is 0 Å². The third-order valence-corrected chi connectivity index (χ3v) is 4.82. The Kier molecular flexibility index (Phi) is 5.45. The standard InChI is InChI=1S/C15H24N6O2S/c1-20(2)8-4-11-5-9-21(10-6-11)12-3-7-19-15(24(18,22)23)13(12)14(16)17/h3-4,7-8,11H,5-6,9-10H2,1-2H3,(H3,16,17)(H2,18,22,23)/b8-4+. The van der Waals surface area contributed by atoms with Gasteiger partial charge < -0.3 is 15.5 Å². The van der Waals surface area contributed by atoms with Gasteiger partial charge in [0.15, 0.2) is 5.03 Å². The number of pyridine rings is 1. The number of amidine groups is 1. The van der Waals surface area contributed by atoms with Crippen LogP contribution in [0, 0.1) is 11.3 Å². The summed E-state index contributed by atoms with van der Waals surface area (Å²) in [6.07, 6.45) is 7.50. The molecule has 0 radical (unpaired) electrons. The van der Waals surface area contributed by atoms with Gasteiger partial charge >= 0.3 is 0 Å². The predicted octanol–water partition coefficient (Wildman–Crippen LogP) is 0.305. The van der Waals surface area contributed by atoms with Crippen LogP contribution in [-0.4, -0.2) is 51.3 Å². The molecule has 5 N–H and O–H groups in total. The Morgan fingerprint density at radius 3 is 2.54 bits per heavy atom. The van der Waals surface area contributed by atoms with E-state index in [1.807, 2.05) is 30.1 Å². The fourth-order valence-electron chi connectivity index (χ4n) is 2.79. The summed E-state index contributed by atoms with van der Waals surface area (Å²) in [5, 5.41) is 12.6. The molecule has 1 aliphatic heterocycles. The van der Waals surface area contributed by atoms with Crippen LogP contribution in [0.1, 0.15) is 18.4 Å². The van der Waals surface area contributed by atoms with E-state index in [4.69, 9.17) is 16.3 Å². The largest absolute Gasteiger partial charge is 0.384 e. The molecule has 1 fully saturated rings. The Morgan fingerprint density at radius 1 is 1.42 bits per heavy atom. The first-order chi connectivity index (χ1) is 11.2.